The van der Waals surface area contributed by atoms with Crippen LogP contribution >= 0.6 is 0 Å². The Bertz CT molecular complexity index is 647. The third-order valence-corrected chi connectivity index (χ3v) is 2.99. The fraction of sp³-hybridized carbons (Fsp3) is 0.214. The molecule has 0 aliphatic heterocycles. The Morgan fingerprint density at radius 2 is 1.95 bits per heavy atom. The van der Waals surface area contributed by atoms with Gasteiger partial charge in [-0.2, -0.15) is 5.10 Å². The van der Waals surface area contributed by atoms with Gasteiger partial charge in [0.15, 0.2) is 0 Å². The van der Waals surface area contributed by atoms with Crippen LogP contribution in [0, 0.1) is 13.8 Å². The molecule has 0 saturated carbocycles. The third-order valence-electron chi connectivity index (χ3n) is 2.99. The number of nitrogens with zero attached hydrogens (tertiary/aromatic N) is 1. The number of amides is 1. The molecule has 0 saturated heterocycles. The van der Waals surface area contributed by atoms with E-state index >= 15 is 0 Å². The molecule has 5 nitrogen and oxygen atoms in total. The Hall–Kier alpha value is -2.43. The van der Waals surface area contributed by atoms with Crippen LogP contribution < -0.4 is 10.9 Å². The zero-order valence-electron chi connectivity index (χ0n) is 10.9. The molecule has 0 fully saturated rings. The number of aromatic amines is 1. The van der Waals surface area contributed by atoms with Crippen LogP contribution in [0.15, 0.2) is 35.1 Å². The number of carbonyl (C=O) groups is 1. The lowest BCUT2D eigenvalue weighted by molar-refractivity contribution is 0.0948. The molecular formula is C14H15N3O2. The van der Waals surface area contributed by atoms with Crippen molar-refractivity contribution >= 4 is 5.91 Å². The molecule has 0 unspecified atom stereocenters. The molecule has 0 bridgehead atoms. The highest BCUT2D eigenvalue weighted by atomic mass is 16.2. The van der Waals surface area contributed by atoms with Crippen molar-refractivity contribution in [2.24, 2.45) is 0 Å². The highest BCUT2D eigenvalue weighted by Gasteiger charge is 2.15. The molecule has 0 aliphatic carbocycles. The molecule has 0 spiro atoms. The molecule has 2 rings (SSSR count). The van der Waals surface area contributed by atoms with E-state index in [0.29, 0.717) is 17.8 Å². The first-order chi connectivity index (χ1) is 9.09. The summed E-state index contributed by atoms with van der Waals surface area (Å²) in [4.78, 5) is 23.7. The van der Waals surface area contributed by atoms with Crippen molar-refractivity contribution in [3.63, 3.8) is 0 Å². The van der Waals surface area contributed by atoms with E-state index in [-0.39, 0.29) is 11.5 Å². The number of aryl methyl sites for hydroxylation is 1. The normalized spacial score (nSPS) is 10.2. The number of hydrogen-bond acceptors (Lipinski definition) is 3. The summed E-state index contributed by atoms with van der Waals surface area (Å²) in [6.45, 7) is 3.86. The number of benzene rings is 1. The highest BCUT2D eigenvalue weighted by Crippen LogP contribution is 2.05. The average molecular weight is 257 g/mol. The van der Waals surface area contributed by atoms with Gasteiger partial charge in [-0.15, -0.1) is 0 Å². The van der Waals surface area contributed by atoms with E-state index < -0.39 is 5.56 Å². The Balaban J connectivity index is 2.17. The third kappa shape index (κ3) is 2.88. The number of carbonyl (C=O) groups excluding carboxylic acids is 1. The van der Waals surface area contributed by atoms with Crippen LogP contribution in [0.3, 0.4) is 0 Å². The van der Waals surface area contributed by atoms with Gasteiger partial charge in [0.2, 0.25) is 0 Å². The largest absolute Gasteiger partial charge is 0.348 e. The quantitative estimate of drug-likeness (QED) is 0.870. The molecule has 0 radical (unpaired) electrons. The highest BCUT2D eigenvalue weighted by molar-refractivity contribution is 5.95. The van der Waals surface area contributed by atoms with Gasteiger partial charge in [-0.25, -0.2) is 5.10 Å². The predicted octanol–water partition coefficient (Wildman–Crippen LogP) is 1.32. The maximum absolute atomic E-state index is 12.1. The number of nitrogens with one attached hydrogen (secondary N) is 2. The molecule has 1 aromatic carbocycles. The maximum atomic E-state index is 12.1. The summed E-state index contributed by atoms with van der Waals surface area (Å²) in [6, 6.07) is 9.53. The van der Waals surface area contributed by atoms with Crippen LogP contribution in [-0.4, -0.2) is 16.1 Å². The van der Waals surface area contributed by atoms with E-state index in [0.717, 1.165) is 5.56 Å². The SMILES string of the molecule is Cc1n[nH]c(=O)c(C(=O)NCc2ccccc2)c1C. The van der Waals surface area contributed by atoms with E-state index in [1.54, 1.807) is 13.8 Å². The molecule has 0 aliphatic rings. The average Bonchev–Trinajstić information content (AvgIpc) is 2.42. The molecule has 5 heteroatoms. The Morgan fingerprint density at radius 3 is 2.63 bits per heavy atom. The van der Waals surface area contributed by atoms with E-state index in [9.17, 15) is 9.59 Å². The molecule has 98 valence electrons. The van der Waals surface area contributed by atoms with Gasteiger partial charge in [-0.3, -0.25) is 9.59 Å². The van der Waals surface area contributed by atoms with Crippen molar-refractivity contribution < 1.29 is 4.79 Å². The zero-order chi connectivity index (χ0) is 13.8. The predicted molar refractivity (Wildman–Crippen MR) is 71.9 cm³/mol. The van der Waals surface area contributed by atoms with E-state index in [1.807, 2.05) is 30.3 Å². The first-order valence-corrected chi connectivity index (χ1v) is 5.97. The van der Waals surface area contributed by atoms with Crippen LogP contribution in [0.5, 0.6) is 0 Å². The minimum absolute atomic E-state index is 0.128. The summed E-state index contributed by atoms with van der Waals surface area (Å²) in [5.74, 6) is -0.381. The minimum Gasteiger partial charge on any atom is -0.348 e. The summed E-state index contributed by atoms with van der Waals surface area (Å²) in [6.07, 6.45) is 0. The number of H-pyrrole nitrogens is 1. The summed E-state index contributed by atoms with van der Waals surface area (Å²) in [5.41, 5.74) is 1.89. The van der Waals surface area contributed by atoms with Crippen LogP contribution in [-0.2, 0) is 6.54 Å². The Kier molecular flexibility index (Phi) is 3.75. The molecule has 2 N–H and O–H groups in total. The standard InChI is InChI=1S/C14H15N3O2/c1-9-10(2)16-17-14(19)12(9)13(18)15-8-11-6-4-3-5-7-11/h3-7H,8H2,1-2H3,(H,15,18)(H,17,19). The molecule has 2 aromatic rings. The van der Waals surface area contributed by atoms with Gasteiger partial charge >= 0.3 is 0 Å². The topological polar surface area (TPSA) is 74.8 Å². The van der Waals surface area contributed by atoms with Gasteiger partial charge < -0.3 is 5.32 Å². The second-order valence-electron chi connectivity index (χ2n) is 4.31. The monoisotopic (exact) mass is 257 g/mol. The number of hydrogen-bond donors (Lipinski definition) is 2. The van der Waals surface area contributed by atoms with Gasteiger partial charge in [0.1, 0.15) is 5.56 Å². The van der Waals surface area contributed by atoms with Crippen molar-refractivity contribution in [2.45, 2.75) is 20.4 Å². The molecule has 1 aromatic heterocycles. The molecule has 1 amide bonds. The summed E-state index contributed by atoms with van der Waals surface area (Å²) in [7, 11) is 0. The van der Waals surface area contributed by atoms with E-state index in [4.69, 9.17) is 0 Å². The van der Waals surface area contributed by atoms with Crippen molar-refractivity contribution in [1.82, 2.24) is 15.5 Å². The first kappa shape index (κ1) is 13.0. The minimum atomic E-state index is -0.464. The van der Waals surface area contributed by atoms with Crippen molar-refractivity contribution in [1.29, 1.82) is 0 Å². The smallest absolute Gasteiger partial charge is 0.277 e. The van der Waals surface area contributed by atoms with Crippen LogP contribution in [0.25, 0.3) is 0 Å². The van der Waals surface area contributed by atoms with Gasteiger partial charge in [0.25, 0.3) is 11.5 Å². The number of rotatable bonds is 3. The molecule has 0 atom stereocenters. The molecular weight excluding hydrogens is 242 g/mol. The maximum Gasteiger partial charge on any atom is 0.277 e. The summed E-state index contributed by atoms with van der Waals surface area (Å²) in [5, 5.41) is 8.88. The van der Waals surface area contributed by atoms with E-state index in [2.05, 4.69) is 15.5 Å². The summed E-state index contributed by atoms with van der Waals surface area (Å²) < 4.78 is 0. The second kappa shape index (κ2) is 5.48. The fourth-order valence-electron chi connectivity index (χ4n) is 1.77. The second-order valence-corrected chi connectivity index (χ2v) is 4.31. The van der Waals surface area contributed by atoms with E-state index in [1.165, 1.54) is 0 Å². The molecule has 1 heterocycles. The van der Waals surface area contributed by atoms with Crippen LogP contribution in [0.1, 0.15) is 27.2 Å². The van der Waals surface area contributed by atoms with Crippen molar-refractivity contribution in [3.05, 3.63) is 63.1 Å². The summed E-state index contributed by atoms with van der Waals surface area (Å²) >= 11 is 0. The fourth-order valence-corrected chi connectivity index (χ4v) is 1.77. The first-order valence-electron chi connectivity index (χ1n) is 5.97. The van der Waals surface area contributed by atoms with Gasteiger partial charge in [-0.1, -0.05) is 30.3 Å². The Morgan fingerprint density at radius 1 is 1.26 bits per heavy atom. The van der Waals surface area contributed by atoms with Gasteiger partial charge in [0.05, 0.1) is 5.69 Å². The molecule has 19 heavy (non-hydrogen) atoms. The lowest BCUT2D eigenvalue weighted by atomic mass is 10.1. The van der Waals surface area contributed by atoms with Gasteiger partial charge in [-0.05, 0) is 25.0 Å². The van der Waals surface area contributed by atoms with Crippen molar-refractivity contribution in [2.75, 3.05) is 0 Å². The lowest BCUT2D eigenvalue weighted by Gasteiger charge is -2.08. The van der Waals surface area contributed by atoms with Crippen LogP contribution in [0.4, 0.5) is 0 Å². The zero-order valence-corrected chi connectivity index (χ0v) is 10.9. The van der Waals surface area contributed by atoms with Gasteiger partial charge in [0, 0.05) is 6.54 Å². The number of aromatic nitrogens is 2. The van der Waals surface area contributed by atoms with Crippen molar-refractivity contribution in [3.8, 4) is 0 Å². The lowest BCUT2D eigenvalue weighted by Crippen LogP contribution is -2.31. The van der Waals surface area contributed by atoms with Crippen LogP contribution in [0.2, 0.25) is 0 Å². The Labute approximate surface area is 110 Å².